The van der Waals surface area contributed by atoms with Crippen molar-refractivity contribution in [3.05, 3.63) is 89.9 Å². The van der Waals surface area contributed by atoms with Gasteiger partial charge in [-0.15, -0.1) is 10.2 Å². The first-order chi connectivity index (χ1) is 24.6. The molecule has 5 heterocycles. The van der Waals surface area contributed by atoms with Crippen LogP contribution in [0.2, 0.25) is 0 Å². The number of nitrogens with one attached hydrogen (secondary N) is 1. The second-order valence-corrected chi connectivity index (χ2v) is 15.8. The molecule has 16 nitrogen and oxygen atoms in total. The van der Waals surface area contributed by atoms with Crippen molar-refractivity contribution in [3.8, 4) is 11.5 Å². The Balaban J connectivity index is 0.000000167. The van der Waals surface area contributed by atoms with Gasteiger partial charge in [-0.05, 0) is 64.1 Å². The number of para-hydroxylation sites is 2. The number of fused-ring (bicyclic) bond motifs is 3. The average molecular weight is 747 g/mol. The summed E-state index contributed by atoms with van der Waals surface area (Å²) in [6.45, 7) is 6.81. The molecule has 0 saturated heterocycles. The fraction of sp³-hybridized carbons (Fsp3) is 0.235. The van der Waals surface area contributed by atoms with Crippen molar-refractivity contribution in [1.82, 2.24) is 37.9 Å². The molecule has 2 aromatic carbocycles. The summed E-state index contributed by atoms with van der Waals surface area (Å²) in [4.78, 5) is 15.7. The van der Waals surface area contributed by atoms with Crippen LogP contribution in [0.5, 0.6) is 0 Å². The topological polar surface area (TPSA) is 223 Å². The number of carbonyl (C=O) groups is 1. The normalized spacial score (nSPS) is 11.6. The van der Waals surface area contributed by atoms with Gasteiger partial charge in [-0.3, -0.25) is 0 Å². The molecule has 5 aromatic heterocycles. The Morgan fingerprint density at radius 2 is 1.33 bits per heavy atom. The van der Waals surface area contributed by atoms with Crippen molar-refractivity contribution in [1.29, 1.82) is 0 Å². The van der Waals surface area contributed by atoms with Crippen molar-refractivity contribution in [2.45, 2.75) is 27.7 Å². The molecule has 0 saturated carbocycles. The fourth-order valence-corrected chi connectivity index (χ4v) is 7.75. The van der Waals surface area contributed by atoms with E-state index in [0.717, 1.165) is 20.7 Å². The summed E-state index contributed by atoms with van der Waals surface area (Å²) in [6.07, 6.45) is 0. The molecule has 4 N–H and O–H groups in total. The number of carboxylic acid groups (broad SMARTS) is 1. The highest BCUT2D eigenvalue weighted by Gasteiger charge is 2.24. The maximum Gasteiger partial charge on any atom is 0.353 e. The van der Waals surface area contributed by atoms with Gasteiger partial charge in [-0.2, -0.15) is 10.2 Å². The SMILES string of the molecule is CCS(=O)(=O)n1c(-c2nc3cc(C)nnc3n2C)cc2ccccc21.CCS(=O)(=O)n1c(C(=O)O)cc2ccccc21.CNc1nnc(C)cc1N. The Morgan fingerprint density at radius 3 is 1.90 bits per heavy atom. The van der Waals surface area contributed by atoms with Crippen molar-refractivity contribution in [2.24, 2.45) is 7.05 Å². The van der Waals surface area contributed by atoms with Crippen LogP contribution < -0.4 is 11.1 Å². The smallest absolute Gasteiger partial charge is 0.353 e. The Hall–Kier alpha value is -5.88. The lowest BCUT2D eigenvalue weighted by Gasteiger charge is -2.10. The van der Waals surface area contributed by atoms with E-state index in [4.69, 9.17) is 10.8 Å². The number of carboxylic acids is 1. The molecule has 272 valence electrons. The zero-order chi connectivity index (χ0) is 38.0. The molecule has 0 aliphatic carbocycles. The third kappa shape index (κ3) is 7.28. The van der Waals surface area contributed by atoms with Crippen molar-refractivity contribution < 1.29 is 26.7 Å². The third-order valence-electron chi connectivity index (χ3n) is 7.99. The minimum atomic E-state index is -3.62. The predicted molar refractivity (Wildman–Crippen MR) is 201 cm³/mol. The Kier molecular flexibility index (Phi) is 10.6. The first-order valence-electron chi connectivity index (χ1n) is 16.0. The number of nitrogen functional groups attached to an aromatic ring is 1. The number of anilines is 2. The molecular weight excluding hydrogens is 709 g/mol. The summed E-state index contributed by atoms with van der Waals surface area (Å²) in [7, 11) is -3.54. The molecular formula is C34H38N10O6S2. The van der Waals surface area contributed by atoms with Gasteiger partial charge in [0.25, 0.3) is 0 Å². The molecule has 0 aliphatic heterocycles. The van der Waals surface area contributed by atoms with Gasteiger partial charge in [0, 0.05) is 24.9 Å². The number of rotatable bonds is 7. The molecule has 0 bridgehead atoms. The van der Waals surface area contributed by atoms with E-state index in [0.29, 0.717) is 50.6 Å². The van der Waals surface area contributed by atoms with Crippen LogP contribution in [0.25, 0.3) is 44.5 Å². The van der Waals surface area contributed by atoms with Gasteiger partial charge in [0.15, 0.2) is 17.3 Å². The van der Waals surface area contributed by atoms with Crippen LogP contribution in [0.15, 0.2) is 72.8 Å². The van der Waals surface area contributed by atoms with E-state index in [1.54, 1.807) is 54.9 Å². The number of hydrogen-bond donors (Lipinski definition) is 3. The summed E-state index contributed by atoms with van der Waals surface area (Å²) in [6, 6.07) is 20.9. The predicted octanol–water partition coefficient (Wildman–Crippen LogP) is 4.44. The van der Waals surface area contributed by atoms with Gasteiger partial charge in [-0.25, -0.2) is 34.6 Å². The second-order valence-electron chi connectivity index (χ2n) is 11.5. The molecule has 52 heavy (non-hydrogen) atoms. The number of nitrogens with two attached hydrogens (primary N) is 1. The number of benzene rings is 2. The van der Waals surface area contributed by atoms with Gasteiger partial charge in [-0.1, -0.05) is 36.4 Å². The van der Waals surface area contributed by atoms with Gasteiger partial charge in [0.1, 0.15) is 16.9 Å². The van der Waals surface area contributed by atoms with E-state index in [1.165, 1.54) is 17.0 Å². The average Bonchev–Trinajstić information content (AvgIpc) is 3.80. The lowest BCUT2D eigenvalue weighted by atomic mass is 10.2. The van der Waals surface area contributed by atoms with Crippen molar-refractivity contribution >= 4 is 70.5 Å². The molecule has 7 rings (SSSR count). The highest BCUT2D eigenvalue weighted by Crippen LogP contribution is 2.31. The van der Waals surface area contributed by atoms with Crippen LogP contribution in [-0.2, 0) is 27.1 Å². The molecule has 7 aromatic rings. The zero-order valence-electron chi connectivity index (χ0n) is 29.3. The molecule has 18 heteroatoms. The molecule has 0 unspecified atom stereocenters. The molecule has 0 radical (unpaired) electrons. The lowest BCUT2D eigenvalue weighted by molar-refractivity contribution is 0.0689. The van der Waals surface area contributed by atoms with Crippen molar-refractivity contribution in [3.63, 3.8) is 0 Å². The Morgan fingerprint density at radius 1 is 0.788 bits per heavy atom. The summed E-state index contributed by atoms with van der Waals surface area (Å²) >= 11 is 0. The third-order valence-corrected chi connectivity index (χ3v) is 11.3. The number of imidazole rings is 1. The highest BCUT2D eigenvalue weighted by atomic mass is 32.2. The van der Waals surface area contributed by atoms with Gasteiger partial charge in [0.05, 0.1) is 39.6 Å². The van der Waals surface area contributed by atoms with Crippen LogP contribution in [-0.4, -0.2) is 84.4 Å². The monoisotopic (exact) mass is 746 g/mol. The lowest BCUT2D eigenvalue weighted by Crippen LogP contribution is -2.19. The first kappa shape index (κ1) is 37.4. The minimum Gasteiger partial charge on any atom is -0.477 e. The maximum atomic E-state index is 12.7. The largest absolute Gasteiger partial charge is 0.477 e. The highest BCUT2D eigenvalue weighted by molar-refractivity contribution is 7.90. The summed E-state index contributed by atoms with van der Waals surface area (Å²) in [5.41, 5.74) is 10.4. The number of aromatic nitrogens is 8. The molecule has 0 spiro atoms. The second kappa shape index (κ2) is 14.8. The maximum absolute atomic E-state index is 12.7. The van der Waals surface area contributed by atoms with E-state index >= 15 is 0 Å². The van der Waals surface area contributed by atoms with E-state index in [-0.39, 0.29) is 17.2 Å². The standard InChI is InChI=1S/C17H17N5O2S.C11H11NO4S.C6H10N4/c1-4-25(23,24)22-14-8-6-5-7-12(14)10-15(22)17-18-13-9-11(2)19-20-16(13)21(17)3;1-2-17(15,16)12-9-6-4-3-5-8(9)7-10(12)11(13)14;1-4-3-5(7)6(8-2)10-9-4/h5-10H,4H2,1-3H3;3-7H,2H2,1H3,(H,13,14);3H,1-2H3,(H2,7,9)(H,8,10). The number of nitrogens with zero attached hydrogens (tertiary/aromatic N) is 8. The quantitative estimate of drug-likeness (QED) is 0.206. The van der Waals surface area contributed by atoms with E-state index in [2.05, 4.69) is 30.7 Å². The Bertz CT molecular complexity index is 2660. The van der Waals surface area contributed by atoms with E-state index in [9.17, 15) is 21.6 Å². The van der Waals surface area contributed by atoms with E-state index in [1.807, 2.05) is 51.2 Å². The molecule has 0 fully saturated rings. The molecule has 0 aliphatic rings. The fourth-order valence-electron chi connectivity index (χ4n) is 5.43. The van der Waals surface area contributed by atoms with Crippen LogP contribution in [0.1, 0.15) is 35.7 Å². The Labute approximate surface area is 300 Å². The van der Waals surface area contributed by atoms with Gasteiger partial charge >= 0.3 is 5.97 Å². The summed E-state index contributed by atoms with van der Waals surface area (Å²) in [5, 5.41) is 29.2. The summed E-state index contributed by atoms with van der Waals surface area (Å²) in [5.74, 6) is -0.222. The van der Waals surface area contributed by atoms with Gasteiger partial charge in [0.2, 0.25) is 20.0 Å². The van der Waals surface area contributed by atoms with Crippen LogP contribution >= 0.6 is 0 Å². The van der Waals surface area contributed by atoms with Gasteiger partial charge < -0.3 is 20.7 Å². The molecule has 0 atom stereocenters. The zero-order valence-corrected chi connectivity index (χ0v) is 30.9. The van der Waals surface area contributed by atoms with Crippen LogP contribution in [0.3, 0.4) is 0 Å². The van der Waals surface area contributed by atoms with Crippen LogP contribution in [0.4, 0.5) is 11.5 Å². The minimum absolute atomic E-state index is 0.00152. The molecule has 0 amide bonds. The first-order valence-corrected chi connectivity index (χ1v) is 19.2. The number of aryl methyl sites for hydroxylation is 3. The number of aromatic carboxylic acids is 1. The number of hydrogen-bond acceptors (Lipinski definition) is 12. The summed E-state index contributed by atoms with van der Waals surface area (Å²) < 4.78 is 53.3. The van der Waals surface area contributed by atoms with Crippen molar-refractivity contribution in [2.75, 3.05) is 29.6 Å². The van der Waals surface area contributed by atoms with E-state index < -0.39 is 26.0 Å². The van der Waals surface area contributed by atoms with Crippen LogP contribution in [0, 0.1) is 13.8 Å².